The molecule has 1 rings (SSSR count). The Balaban J connectivity index is 2.49. The Morgan fingerprint density at radius 3 is 2.71 bits per heavy atom. The lowest BCUT2D eigenvalue weighted by Crippen LogP contribution is -2.29. The van der Waals surface area contributed by atoms with Crippen LogP contribution in [0.15, 0.2) is 6.20 Å². The fraction of sp³-hybridized carbons (Fsp3) is 0.778. The first-order valence-corrected chi connectivity index (χ1v) is 5.49. The van der Waals surface area contributed by atoms with E-state index >= 15 is 0 Å². The van der Waals surface area contributed by atoms with Gasteiger partial charge in [0, 0.05) is 0 Å². The molecule has 1 aromatic rings. The molecular weight excluding hydrogens is 196 g/mol. The second-order valence-corrected chi connectivity index (χ2v) is 5.21. The highest BCUT2D eigenvalue weighted by atomic mass is 32.1. The van der Waals surface area contributed by atoms with Gasteiger partial charge in [-0.1, -0.05) is 20.8 Å². The molecule has 0 bridgehead atoms. The molecule has 4 nitrogen and oxygen atoms in total. The van der Waals surface area contributed by atoms with E-state index in [1.807, 2.05) is 0 Å². The first-order chi connectivity index (χ1) is 6.53. The smallest absolute Gasteiger partial charge is 0.0925 e. The van der Waals surface area contributed by atoms with Crippen molar-refractivity contribution in [3.63, 3.8) is 0 Å². The van der Waals surface area contributed by atoms with E-state index in [-0.39, 0.29) is 6.04 Å². The summed E-state index contributed by atoms with van der Waals surface area (Å²) in [6, 6.07) is 0.132. The van der Waals surface area contributed by atoms with E-state index in [9.17, 15) is 0 Å². The lowest BCUT2D eigenvalue weighted by Gasteiger charge is -2.21. The highest BCUT2D eigenvalue weighted by molar-refractivity contribution is 6.99. The zero-order valence-electron chi connectivity index (χ0n) is 8.95. The normalized spacial score (nSPS) is 14.3. The second kappa shape index (κ2) is 4.82. The topological polar surface area (TPSA) is 63.8 Å². The predicted molar refractivity (Wildman–Crippen MR) is 58.7 cm³/mol. The minimum Gasteiger partial charge on any atom is -0.271 e. The summed E-state index contributed by atoms with van der Waals surface area (Å²) >= 11 is 1.22. The van der Waals surface area contributed by atoms with Gasteiger partial charge in [-0.15, -0.1) is 0 Å². The Morgan fingerprint density at radius 1 is 1.57 bits per heavy atom. The molecule has 0 aliphatic heterocycles. The van der Waals surface area contributed by atoms with Crippen LogP contribution in [0.2, 0.25) is 0 Å². The molecule has 0 aliphatic carbocycles. The van der Waals surface area contributed by atoms with Crippen molar-refractivity contribution < 1.29 is 0 Å². The van der Waals surface area contributed by atoms with Crippen LogP contribution in [-0.2, 0) is 0 Å². The molecule has 0 aliphatic rings. The number of hydrazine groups is 1. The number of aromatic nitrogens is 2. The zero-order chi connectivity index (χ0) is 10.6. The van der Waals surface area contributed by atoms with Crippen molar-refractivity contribution >= 4 is 11.7 Å². The van der Waals surface area contributed by atoms with Gasteiger partial charge < -0.3 is 0 Å². The van der Waals surface area contributed by atoms with Gasteiger partial charge in [-0.2, -0.15) is 8.75 Å². The standard InChI is InChI=1S/C9H18N4S/c1-9(2,3)5-4-7(12-10)8-6-11-14-13-8/h6-7,12H,4-5,10H2,1-3H3. The minimum absolute atomic E-state index is 0.132. The summed E-state index contributed by atoms with van der Waals surface area (Å²) in [7, 11) is 0. The van der Waals surface area contributed by atoms with Crippen molar-refractivity contribution in [2.24, 2.45) is 11.3 Å². The van der Waals surface area contributed by atoms with Gasteiger partial charge in [0.15, 0.2) is 0 Å². The zero-order valence-corrected chi connectivity index (χ0v) is 9.77. The molecule has 0 fully saturated rings. The lowest BCUT2D eigenvalue weighted by atomic mass is 9.88. The van der Waals surface area contributed by atoms with E-state index in [1.54, 1.807) is 6.20 Å². The molecule has 5 heteroatoms. The highest BCUT2D eigenvalue weighted by Gasteiger charge is 2.17. The Hall–Kier alpha value is -0.520. The lowest BCUT2D eigenvalue weighted by molar-refractivity contribution is 0.332. The maximum atomic E-state index is 5.48. The molecule has 3 N–H and O–H groups in total. The van der Waals surface area contributed by atoms with Crippen molar-refractivity contribution in [3.8, 4) is 0 Å². The Labute approximate surface area is 89.2 Å². The van der Waals surface area contributed by atoms with E-state index in [1.165, 1.54) is 11.7 Å². The number of hydrogen-bond acceptors (Lipinski definition) is 5. The number of rotatable bonds is 4. The maximum Gasteiger partial charge on any atom is 0.0925 e. The van der Waals surface area contributed by atoms with Crippen LogP contribution < -0.4 is 11.3 Å². The Bertz CT molecular complexity index is 252. The van der Waals surface area contributed by atoms with Gasteiger partial charge in [0.1, 0.15) is 0 Å². The Kier molecular flexibility index (Phi) is 3.97. The SMILES string of the molecule is CC(C)(C)CCC(NN)c1cnsn1. The molecule has 14 heavy (non-hydrogen) atoms. The van der Waals surface area contributed by atoms with Gasteiger partial charge in [0.25, 0.3) is 0 Å². The van der Waals surface area contributed by atoms with Gasteiger partial charge in [-0.3, -0.25) is 11.3 Å². The van der Waals surface area contributed by atoms with E-state index < -0.39 is 0 Å². The second-order valence-electron chi connectivity index (χ2n) is 4.65. The third-order valence-corrected chi connectivity index (χ3v) is 2.61. The van der Waals surface area contributed by atoms with Crippen molar-refractivity contribution in [2.45, 2.75) is 39.7 Å². The summed E-state index contributed by atoms with van der Waals surface area (Å²) in [6.07, 6.45) is 3.88. The summed E-state index contributed by atoms with van der Waals surface area (Å²) in [6.45, 7) is 6.67. The molecular formula is C9H18N4S. The summed E-state index contributed by atoms with van der Waals surface area (Å²) < 4.78 is 8.15. The van der Waals surface area contributed by atoms with E-state index in [0.717, 1.165) is 18.5 Å². The maximum absolute atomic E-state index is 5.48. The van der Waals surface area contributed by atoms with Crippen molar-refractivity contribution in [2.75, 3.05) is 0 Å². The third-order valence-electron chi connectivity index (χ3n) is 2.12. The number of nitrogens with two attached hydrogens (primary N) is 1. The molecule has 0 saturated heterocycles. The van der Waals surface area contributed by atoms with Crippen molar-refractivity contribution in [1.82, 2.24) is 14.2 Å². The van der Waals surface area contributed by atoms with E-state index in [2.05, 4.69) is 34.9 Å². The molecule has 0 radical (unpaired) electrons. The van der Waals surface area contributed by atoms with Crippen LogP contribution in [0.3, 0.4) is 0 Å². The predicted octanol–water partition coefficient (Wildman–Crippen LogP) is 1.87. The van der Waals surface area contributed by atoms with Crippen LogP contribution in [0.25, 0.3) is 0 Å². The minimum atomic E-state index is 0.132. The molecule has 0 aromatic carbocycles. The molecule has 0 amide bonds. The van der Waals surface area contributed by atoms with Crippen LogP contribution in [0.4, 0.5) is 0 Å². The first kappa shape index (κ1) is 11.6. The highest BCUT2D eigenvalue weighted by Crippen LogP contribution is 2.26. The fourth-order valence-electron chi connectivity index (χ4n) is 1.22. The molecule has 1 unspecified atom stereocenters. The Morgan fingerprint density at radius 2 is 2.29 bits per heavy atom. The summed E-state index contributed by atoms with van der Waals surface area (Å²) in [5.41, 5.74) is 4.06. The van der Waals surface area contributed by atoms with Gasteiger partial charge in [-0.05, 0) is 18.3 Å². The number of nitrogens with one attached hydrogen (secondary N) is 1. The quantitative estimate of drug-likeness (QED) is 0.593. The molecule has 0 saturated carbocycles. The van der Waals surface area contributed by atoms with Crippen molar-refractivity contribution in [1.29, 1.82) is 0 Å². The third kappa shape index (κ3) is 3.69. The fourth-order valence-corrected chi connectivity index (χ4v) is 1.69. The first-order valence-electron chi connectivity index (χ1n) is 4.76. The molecule has 1 aromatic heterocycles. The monoisotopic (exact) mass is 214 g/mol. The number of nitrogens with zero attached hydrogens (tertiary/aromatic N) is 2. The van der Waals surface area contributed by atoms with Gasteiger partial charge in [0.05, 0.1) is 29.7 Å². The van der Waals surface area contributed by atoms with E-state index in [0.29, 0.717) is 5.41 Å². The van der Waals surface area contributed by atoms with E-state index in [4.69, 9.17) is 5.84 Å². The van der Waals surface area contributed by atoms with Crippen LogP contribution in [0.1, 0.15) is 45.3 Å². The average Bonchev–Trinajstić information content (AvgIpc) is 2.56. The molecule has 1 atom stereocenters. The summed E-state index contributed by atoms with van der Waals surface area (Å²) in [5.74, 6) is 5.48. The molecule has 0 spiro atoms. The van der Waals surface area contributed by atoms with Crippen LogP contribution in [0.5, 0.6) is 0 Å². The molecule has 1 heterocycles. The van der Waals surface area contributed by atoms with Gasteiger partial charge in [-0.25, -0.2) is 0 Å². The largest absolute Gasteiger partial charge is 0.271 e. The number of hydrogen-bond donors (Lipinski definition) is 2. The average molecular weight is 214 g/mol. The summed E-state index contributed by atoms with van der Waals surface area (Å²) in [4.78, 5) is 0. The van der Waals surface area contributed by atoms with Crippen LogP contribution in [-0.4, -0.2) is 8.75 Å². The van der Waals surface area contributed by atoms with Gasteiger partial charge >= 0.3 is 0 Å². The molecule has 80 valence electrons. The van der Waals surface area contributed by atoms with Gasteiger partial charge in [0.2, 0.25) is 0 Å². The van der Waals surface area contributed by atoms with Crippen molar-refractivity contribution in [3.05, 3.63) is 11.9 Å². The summed E-state index contributed by atoms with van der Waals surface area (Å²) in [5, 5.41) is 0. The van der Waals surface area contributed by atoms with Crippen LogP contribution in [0, 0.1) is 5.41 Å². The van der Waals surface area contributed by atoms with Crippen LogP contribution >= 0.6 is 11.7 Å².